The lowest BCUT2D eigenvalue weighted by Gasteiger charge is -2.09. The van der Waals surface area contributed by atoms with Crippen molar-refractivity contribution in [3.05, 3.63) is 57.3 Å². The Hall–Kier alpha value is -1.59. The van der Waals surface area contributed by atoms with E-state index in [2.05, 4.69) is 21.2 Å². The van der Waals surface area contributed by atoms with Crippen LogP contribution in [-0.2, 0) is 4.79 Å². The number of aryl methyl sites for hydroxylation is 1. The van der Waals surface area contributed by atoms with Gasteiger partial charge in [-0.1, -0.05) is 17.7 Å². The van der Waals surface area contributed by atoms with E-state index in [0.29, 0.717) is 11.4 Å². The van der Waals surface area contributed by atoms with Crippen molar-refractivity contribution in [2.45, 2.75) is 6.92 Å². The zero-order valence-electron chi connectivity index (χ0n) is 11.1. The Labute approximate surface area is 135 Å². The van der Waals surface area contributed by atoms with Gasteiger partial charge in [0.05, 0.1) is 9.50 Å². The normalized spacial score (nSPS) is 10.3. The second-order valence-corrected chi connectivity index (χ2v) is 5.66. The number of carbonyl (C=O) groups excluding carboxylic acids is 1. The number of nitrogens with one attached hydrogen (secondary N) is 1. The summed E-state index contributed by atoms with van der Waals surface area (Å²) in [6.45, 7) is 1.80. The summed E-state index contributed by atoms with van der Waals surface area (Å²) in [4.78, 5) is 11.8. The lowest BCUT2D eigenvalue weighted by Crippen LogP contribution is -2.20. The fourth-order valence-corrected chi connectivity index (χ4v) is 2.43. The third-order valence-corrected chi connectivity index (χ3v) is 3.56. The molecular weight excluding hydrogens is 361 g/mol. The summed E-state index contributed by atoms with van der Waals surface area (Å²) in [6.07, 6.45) is 0. The van der Waals surface area contributed by atoms with Crippen molar-refractivity contribution in [3.63, 3.8) is 0 Å². The second-order valence-electron chi connectivity index (χ2n) is 4.40. The van der Waals surface area contributed by atoms with Gasteiger partial charge in [0.15, 0.2) is 6.61 Å². The van der Waals surface area contributed by atoms with Gasteiger partial charge in [0.1, 0.15) is 11.6 Å². The van der Waals surface area contributed by atoms with E-state index in [1.807, 2.05) is 19.1 Å². The molecule has 2 rings (SSSR count). The monoisotopic (exact) mass is 371 g/mol. The molecule has 0 unspecified atom stereocenters. The molecule has 0 aliphatic carbocycles. The molecule has 3 nitrogen and oxygen atoms in total. The molecule has 0 saturated carbocycles. The standard InChI is InChI=1S/C15H12BrClFNO2/c1-9-2-5-14(11(16)6-9)21-8-15(20)19-10-3-4-13(18)12(17)7-10/h2-7H,8H2,1H3,(H,19,20). The van der Waals surface area contributed by atoms with Gasteiger partial charge in [0.2, 0.25) is 0 Å². The molecule has 0 heterocycles. The Kier molecular flexibility index (Phi) is 5.20. The van der Waals surface area contributed by atoms with E-state index < -0.39 is 5.82 Å². The van der Waals surface area contributed by atoms with E-state index in [0.717, 1.165) is 10.0 Å². The second kappa shape index (κ2) is 6.91. The minimum absolute atomic E-state index is 0.0463. The summed E-state index contributed by atoms with van der Waals surface area (Å²) < 4.78 is 19.2. The van der Waals surface area contributed by atoms with E-state index in [1.165, 1.54) is 18.2 Å². The molecular formula is C15H12BrClFNO2. The highest BCUT2D eigenvalue weighted by atomic mass is 79.9. The molecule has 0 aliphatic rings. The maximum absolute atomic E-state index is 13.0. The van der Waals surface area contributed by atoms with E-state index in [-0.39, 0.29) is 17.5 Å². The average Bonchev–Trinajstić information content (AvgIpc) is 2.42. The van der Waals surface area contributed by atoms with Gasteiger partial charge < -0.3 is 10.1 Å². The number of benzene rings is 2. The van der Waals surface area contributed by atoms with Gasteiger partial charge in [0.25, 0.3) is 5.91 Å². The summed E-state index contributed by atoms with van der Waals surface area (Å²) in [5.41, 5.74) is 1.50. The Balaban J connectivity index is 1.94. The van der Waals surface area contributed by atoms with Crippen molar-refractivity contribution in [2.75, 3.05) is 11.9 Å². The first-order valence-electron chi connectivity index (χ1n) is 6.09. The molecule has 110 valence electrons. The van der Waals surface area contributed by atoms with Crippen LogP contribution in [0.5, 0.6) is 5.75 Å². The van der Waals surface area contributed by atoms with Crippen LogP contribution in [0.25, 0.3) is 0 Å². The maximum atomic E-state index is 13.0. The molecule has 1 amide bonds. The van der Waals surface area contributed by atoms with E-state index in [1.54, 1.807) is 6.07 Å². The smallest absolute Gasteiger partial charge is 0.262 e. The molecule has 0 aromatic heterocycles. The molecule has 0 aliphatic heterocycles. The van der Waals surface area contributed by atoms with E-state index in [4.69, 9.17) is 16.3 Å². The number of amides is 1. The summed E-state index contributed by atoms with van der Waals surface area (Å²) in [5, 5.41) is 2.53. The molecule has 0 radical (unpaired) electrons. The molecule has 6 heteroatoms. The fourth-order valence-electron chi connectivity index (χ4n) is 1.64. The van der Waals surface area contributed by atoms with E-state index in [9.17, 15) is 9.18 Å². The molecule has 2 aromatic rings. The number of hydrogen-bond donors (Lipinski definition) is 1. The first kappa shape index (κ1) is 15.8. The summed E-state index contributed by atoms with van der Waals surface area (Å²) in [5.74, 6) is -0.312. The number of hydrogen-bond acceptors (Lipinski definition) is 2. The minimum atomic E-state index is -0.533. The van der Waals surface area contributed by atoms with Gasteiger partial charge in [0, 0.05) is 5.69 Å². The number of carbonyl (C=O) groups is 1. The number of anilines is 1. The SMILES string of the molecule is Cc1ccc(OCC(=O)Nc2ccc(F)c(Cl)c2)c(Br)c1. The van der Waals surface area contributed by atoms with Crippen LogP contribution in [0.4, 0.5) is 10.1 Å². The summed E-state index contributed by atoms with van der Waals surface area (Å²) in [7, 11) is 0. The Morgan fingerprint density at radius 3 is 2.76 bits per heavy atom. The van der Waals surface area contributed by atoms with Crippen LogP contribution in [-0.4, -0.2) is 12.5 Å². The molecule has 1 N–H and O–H groups in total. The third-order valence-electron chi connectivity index (χ3n) is 2.65. The van der Waals surface area contributed by atoms with Gasteiger partial charge >= 0.3 is 0 Å². The van der Waals surface area contributed by atoms with Gasteiger partial charge in [-0.05, 0) is 58.7 Å². The number of ether oxygens (including phenoxy) is 1. The van der Waals surface area contributed by atoms with Gasteiger partial charge in [-0.2, -0.15) is 0 Å². The zero-order chi connectivity index (χ0) is 15.4. The largest absolute Gasteiger partial charge is 0.483 e. The van der Waals surface area contributed by atoms with Crippen LogP contribution >= 0.6 is 27.5 Å². The quantitative estimate of drug-likeness (QED) is 0.854. The van der Waals surface area contributed by atoms with Crippen LogP contribution in [0.15, 0.2) is 40.9 Å². The summed E-state index contributed by atoms with van der Waals surface area (Å²) in [6, 6.07) is 9.53. The number of halogens is 3. The third kappa shape index (κ3) is 4.44. The molecule has 21 heavy (non-hydrogen) atoms. The fraction of sp³-hybridized carbons (Fsp3) is 0.133. The van der Waals surface area contributed by atoms with Gasteiger partial charge in [-0.3, -0.25) is 4.79 Å². The van der Waals surface area contributed by atoms with Crippen molar-refractivity contribution in [1.82, 2.24) is 0 Å². The van der Waals surface area contributed by atoms with Crippen LogP contribution in [0, 0.1) is 12.7 Å². The van der Waals surface area contributed by atoms with Crippen molar-refractivity contribution in [3.8, 4) is 5.75 Å². The zero-order valence-corrected chi connectivity index (χ0v) is 13.5. The predicted octanol–water partition coefficient (Wildman–Crippen LogP) is 4.57. The first-order valence-corrected chi connectivity index (χ1v) is 7.26. The van der Waals surface area contributed by atoms with Crippen molar-refractivity contribution in [2.24, 2.45) is 0 Å². The number of rotatable bonds is 4. The van der Waals surface area contributed by atoms with Crippen molar-refractivity contribution >= 4 is 39.1 Å². The minimum Gasteiger partial charge on any atom is -0.483 e. The van der Waals surface area contributed by atoms with Crippen LogP contribution in [0.3, 0.4) is 0 Å². The lowest BCUT2D eigenvalue weighted by atomic mass is 10.2. The predicted molar refractivity (Wildman–Crippen MR) is 84.4 cm³/mol. The first-order chi connectivity index (χ1) is 9.95. The molecule has 0 atom stereocenters. The topological polar surface area (TPSA) is 38.3 Å². The van der Waals surface area contributed by atoms with Crippen molar-refractivity contribution < 1.29 is 13.9 Å². The van der Waals surface area contributed by atoms with Crippen LogP contribution in [0.1, 0.15) is 5.56 Å². The van der Waals surface area contributed by atoms with Gasteiger partial charge in [-0.15, -0.1) is 0 Å². The lowest BCUT2D eigenvalue weighted by molar-refractivity contribution is -0.118. The Bertz CT molecular complexity index is 679. The Morgan fingerprint density at radius 2 is 2.10 bits per heavy atom. The average molecular weight is 373 g/mol. The highest BCUT2D eigenvalue weighted by molar-refractivity contribution is 9.10. The molecule has 0 bridgehead atoms. The highest BCUT2D eigenvalue weighted by Gasteiger charge is 2.08. The maximum Gasteiger partial charge on any atom is 0.262 e. The van der Waals surface area contributed by atoms with Gasteiger partial charge in [-0.25, -0.2) is 4.39 Å². The van der Waals surface area contributed by atoms with Crippen LogP contribution < -0.4 is 10.1 Å². The molecule has 0 fully saturated rings. The van der Waals surface area contributed by atoms with Crippen LogP contribution in [0.2, 0.25) is 5.02 Å². The van der Waals surface area contributed by atoms with E-state index >= 15 is 0 Å². The molecule has 0 spiro atoms. The highest BCUT2D eigenvalue weighted by Crippen LogP contribution is 2.25. The summed E-state index contributed by atoms with van der Waals surface area (Å²) >= 11 is 9.01. The Morgan fingerprint density at radius 1 is 1.33 bits per heavy atom. The molecule has 2 aromatic carbocycles. The molecule has 0 saturated heterocycles. The van der Waals surface area contributed by atoms with Crippen molar-refractivity contribution in [1.29, 1.82) is 0 Å².